The number of carbonyl (C=O) groups is 1. The predicted octanol–water partition coefficient (Wildman–Crippen LogP) is 2.17. The van der Waals surface area contributed by atoms with Gasteiger partial charge in [0.2, 0.25) is 0 Å². The summed E-state index contributed by atoms with van der Waals surface area (Å²) < 4.78 is 48.7. The van der Waals surface area contributed by atoms with Crippen LogP contribution in [0.2, 0.25) is 0 Å². The second-order valence-electron chi connectivity index (χ2n) is 5.57. The van der Waals surface area contributed by atoms with Crippen molar-refractivity contribution in [2.75, 3.05) is 39.9 Å². The fourth-order valence-corrected chi connectivity index (χ4v) is 2.53. The Morgan fingerprint density at radius 2 is 1.75 bits per heavy atom. The van der Waals surface area contributed by atoms with Crippen LogP contribution in [0, 0.1) is 0 Å². The van der Waals surface area contributed by atoms with Crippen LogP contribution < -0.4 is 9.47 Å². The summed E-state index contributed by atoms with van der Waals surface area (Å²) in [5.74, 6) is 0.729. The van der Waals surface area contributed by atoms with Crippen LogP contribution in [0.15, 0.2) is 24.3 Å². The third-order valence-corrected chi connectivity index (χ3v) is 4.11. The number of hydrogen-bond acceptors (Lipinski definition) is 4. The number of carbonyl (C=O) groups excluding carboxylic acids is 1. The molecule has 1 aromatic rings. The summed E-state index contributed by atoms with van der Waals surface area (Å²) >= 11 is 0. The number of amides is 1. The Bertz CT molecular complexity index is 558. The SMILES string of the molecule is COc1ccccc1OCC(=O)N1CCN([C@H](C)C(F)(F)F)CC1. The van der Waals surface area contributed by atoms with Gasteiger partial charge >= 0.3 is 6.18 Å². The van der Waals surface area contributed by atoms with E-state index in [1.165, 1.54) is 16.9 Å². The lowest BCUT2D eigenvalue weighted by atomic mass is 10.2. The first-order valence-electron chi connectivity index (χ1n) is 7.67. The van der Waals surface area contributed by atoms with Crippen LogP contribution in [0.1, 0.15) is 6.92 Å². The largest absolute Gasteiger partial charge is 0.493 e. The normalized spacial score (nSPS) is 17.5. The molecule has 8 heteroatoms. The second-order valence-corrected chi connectivity index (χ2v) is 5.57. The summed E-state index contributed by atoms with van der Waals surface area (Å²) in [5.41, 5.74) is 0. The van der Waals surface area contributed by atoms with E-state index in [9.17, 15) is 18.0 Å². The van der Waals surface area contributed by atoms with E-state index in [0.717, 1.165) is 6.92 Å². The smallest absolute Gasteiger partial charge is 0.403 e. The molecule has 0 aromatic heterocycles. The van der Waals surface area contributed by atoms with Crippen molar-refractivity contribution in [3.05, 3.63) is 24.3 Å². The number of benzene rings is 1. The van der Waals surface area contributed by atoms with Gasteiger partial charge in [-0.2, -0.15) is 13.2 Å². The molecule has 5 nitrogen and oxygen atoms in total. The van der Waals surface area contributed by atoms with Gasteiger partial charge in [0, 0.05) is 26.2 Å². The third-order valence-electron chi connectivity index (χ3n) is 4.11. The number of halogens is 3. The van der Waals surface area contributed by atoms with E-state index >= 15 is 0 Å². The predicted molar refractivity (Wildman–Crippen MR) is 82.2 cm³/mol. The Hall–Kier alpha value is -1.96. The zero-order chi connectivity index (χ0) is 17.7. The van der Waals surface area contributed by atoms with Gasteiger partial charge in [-0.3, -0.25) is 9.69 Å². The maximum atomic E-state index is 12.7. The first-order chi connectivity index (χ1) is 11.3. The van der Waals surface area contributed by atoms with Crippen LogP contribution in [0.4, 0.5) is 13.2 Å². The van der Waals surface area contributed by atoms with E-state index in [1.54, 1.807) is 24.3 Å². The van der Waals surface area contributed by atoms with Crippen molar-refractivity contribution in [1.29, 1.82) is 0 Å². The number of rotatable bonds is 5. The fourth-order valence-electron chi connectivity index (χ4n) is 2.53. The molecule has 0 aliphatic carbocycles. The van der Waals surface area contributed by atoms with E-state index in [0.29, 0.717) is 11.5 Å². The molecule has 0 N–H and O–H groups in total. The molecule has 1 aliphatic rings. The van der Waals surface area contributed by atoms with Crippen molar-refractivity contribution >= 4 is 5.91 Å². The minimum atomic E-state index is -4.25. The molecule has 0 unspecified atom stereocenters. The van der Waals surface area contributed by atoms with Crippen molar-refractivity contribution in [2.24, 2.45) is 0 Å². The first kappa shape index (κ1) is 18.4. The van der Waals surface area contributed by atoms with Gasteiger partial charge in [-0.15, -0.1) is 0 Å². The zero-order valence-electron chi connectivity index (χ0n) is 13.7. The Balaban J connectivity index is 1.83. The van der Waals surface area contributed by atoms with E-state index in [2.05, 4.69) is 0 Å². The molecule has 0 spiro atoms. The van der Waals surface area contributed by atoms with Gasteiger partial charge < -0.3 is 14.4 Å². The highest BCUT2D eigenvalue weighted by Crippen LogP contribution is 2.26. The van der Waals surface area contributed by atoms with Gasteiger partial charge in [0.05, 0.1) is 7.11 Å². The van der Waals surface area contributed by atoms with E-state index in [4.69, 9.17) is 9.47 Å². The summed E-state index contributed by atoms with van der Waals surface area (Å²) in [6.07, 6.45) is -4.25. The molecule has 0 saturated carbocycles. The topological polar surface area (TPSA) is 42.0 Å². The number of nitrogens with zero attached hydrogens (tertiary/aromatic N) is 2. The van der Waals surface area contributed by atoms with Crippen LogP contribution in [-0.4, -0.2) is 67.8 Å². The Labute approximate surface area is 138 Å². The van der Waals surface area contributed by atoms with Gasteiger partial charge in [0.15, 0.2) is 18.1 Å². The van der Waals surface area contributed by atoms with Crippen LogP contribution >= 0.6 is 0 Å². The van der Waals surface area contributed by atoms with E-state index in [1.807, 2.05) is 0 Å². The average Bonchev–Trinajstić information content (AvgIpc) is 2.58. The molecule has 0 radical (unpaired) electrons. The number of ether oxygens (including phenoxy) is 2. The molecule has 1 saturated heterocycles. The van der Waals surface area contributed by atoms with Crippen molar-refractivity contribution in [2.45, 2.75) is 19.1 Å². The zero-order valence-corrected chi connectivity index (χ0v) is 13.7. The minimum absolute atomic E-state index is 0.171. The molecular formula is C16H21F3N2O3. The molecule has 134 valence electrons. The lowest BCUT2D eigenvalue weighted by Crippen LogP contribution is -2.55. The lowest BCUT2D eigenvalue weighted by Gasteiger charge is -2.38. The Morgan fingerprint density at radius 3 is 2.29 bits per heavy atom. The average molecular weight is 346 g/mol. The van der Waals surface area contributed by atoms with Crippen molar-refractivity contribution in [3.63, 3.8) is 0 Å². The van der Waals surface area contributed by atoms with Crippen LogP contribution in [0.3, 0.4) is 0 Å². The number of piperazine rings is 1. The highest BCUT2D eigenvalue weighted by atomic mass is 19.4. The van der Waals surface area contributed by atoms with Gasteiger partial charge in [0.1, 0.15) is 6.04 Å². The molecule has 1 fully saturated rings. The number of methoxy groups -OCH3 is 1. The first-order valence-corrected chi connectivity index (χ1v) is 7.67. The molecule has 1 aromatic carbocycles. The molecule has 1 amide bonds. The molecular weight excluding hydrogens is 325 g/mol. The number of alkyl halides is 3. The molecule has 1 heterocycles. The highest BCUT2D eigenvalue weighted by molar-refractivity contribution is 5.78. The van der Waals surface area contributed by atoms with Gasteiger partial charge in [-0.25, -0.2) is 0 Å². The quantitative estimate of drug-likeness (QED) is 0.820. The number of hydrogen-bond donors (Lipinski definition) is 0. The van der Waals surface area contributed by atoms with Crippen LogP contribution in [0.25, 0.3) is 0 Å². The molecule has 24 heavy (non-hydrogen) atoms. The van der Waals surface area contributed by atoms with Crippen molar-refractivity contribution < 1.29 is 27.4 Å². The molecule has 1 atom stereocenters. The summed E-state index contributed by atoms with van der Waals surface area (Å²) in [6.45, 7) is 1.88. The Morgan fingerprint density at radius 1 is 1.17 bits per heavy atom. The van der Waals surface area contributed by atoms with E-state index < -0.39 is 12.2 Å². The van der Waals surface area contributed by atoms with Crippen LogP contribution in [-0.2, 0) is 4.79 Å². The fraction of sp³-hybridized carbons (Fsp3) is 0.562. The molecule has 1 aliphatic heterocycles. The van der Waals surface area contributed by atoms with Crippen LogP contribution in [0.5, 0.6) is 11.5 Å². The summed E-state index contributed by atoms with van der Waals surface area (Å²) in [4.78, 5) is 15.0. The minimum Gasteiger partial charge on any atom is -0.493 e. The summed E-state index contributed by atoms with van der Waals surface area (Å²) in [6, 6.07) is 5.46. The molecule has 0 bridgehead atoms. The molecule has 2 rings (SSSR count). The number of para-hydroxylation sites is 2. The summed E-state index contributed by atoms with van der Waals surface area (Å²) in [7, 11) is 1.51. The lowest BCUT2D eigenvalue weighted by molar-refractivity contribution is -0.183. The Kier molecular flexibility index (Phi) is 5.93. The second kappa shape index (κ2) is 7.74. The van der Waals surface area contributed by atoms with E-state index in [-0.39, 0.29) is 38.7 Å². The summed E-state index contributed by atoms with van der Waals surface area (Å²) in [5, 5.41) is 0. The maximum Gasteiger partial charge on any atom is 0.403 e. The van der Waals surface area contributed by atoms with Crippen molar-refractivity contribution in [3.8, 4) is 11.5 Å². The monoisotopic (exact) mass is 346 g/mol. The van der Waals surface area contributed by atoms with Crippen molar-refractivity contribution in [1.82, 2.24) is 9.80 Å². The standard InChI is InChI=1S/C16H21F3N2O3/c1-12(16(17,18)19)20-7-9-21(10-8-20)15(22)11-24-14-6-4-3-5-13(14)23-2/h3-6,12H,7-11H2,1-2H3/t12-/m1/s1. The third kappa shape index (κ3) is 4.53. The maximum absolute atomic E-state index is 12.7. The van der Waals surface area contributed by atoms with Gasteiger partial charge in [0.25, 0.3) is 5.91 Å². The van der Waals surface area contributed by atoms with Gasteiger partial charge in [-0.05, 0) is 19.1 Å². The van der Waals surface area contributed by atoms with Gasteiger partial charge in [-0.1, -0.05) is 12.1 Å². The highest BCUT2D eigenvalue weighted by Gasteiger charge is 2.41.